The van der Waals surface area contributed by atoms with Crippen LogP contribution in [0.15, 0.2) is 18.2 Å². The molecule has 2 unspecified atom stereocenters. The van der Waals surface area contributed by atoms with Gasteiger partial charge in [0, 0.05) is 18.2 Å². The van der Waals surface area contributed by atoms with Crippen LogP contribution < -0.4 is 4.74 Å². The molecule has 0 radical (unpaired) electrons. The molecule has 0 aliphatic rings. The lowest BCUT2D eigenvalue weighted by atomic mass is 9.92. The molecular formula is C14H20F3NO2. The van der Waals surface area contributed by atoms with Crippen LogP contribution in [-0.2, 0) is 6.18 Å². The van der Waals surface area contributed by atoms with Gasteiger partial charge in [-0.1, -0.05) is 13.0 Å². The monoisotopic (exact) mass is 291 g/mol. The van der Waals surface area contributed by atoms with E-state index in [1.165, 1.54) is 13.2 Å². The van der Waals surface area contributed by atoms with E-state index in [4.69, 9.17) is 4.74 Å². The Balaban J connectivity index is 3.29. The Bertz CT molecular complexity index is 447. The highest BCUT2D eigenvalue weighted by Gasteiger charge is 2.32. The molecule has 1 aromatic carbocycles. The predicted molar refractivity (Wildman–Crippen MR) is 70.7 cm³/mol. The number of nitrogens with zero attached hydrogens (tertiary/aromatic N) is 1. The molecule has 0 saturated heterocycles. The van der Waals surface area contributed by atoms with Crippen molar-refractivity contribution in [3.8, 4) is 5.75 Å². The summed E-state index contributed by atoms with van der Waals surface area (Å²) in [6, 6.07) is 3.23. The third kappa shape index (κ3) is 3.64. The number of hydrogen-bond donors (Lipinski definition) is 1. The number of aliphatic hydroxyl groups is 1. The van der Waals surface area contributed by atoms with E-state index in [-0.39, 0.29) is 24.3 Å². The first-order valence-corrected chi connectivity index (χ1v) is 6.24. The normalized spacial score (nSPS) is 15.2. The van der Waals surface area contributed by atoms with Crippen LogP contribution in [0.25, 0.3) is 0 Å². The van der Waals surface area contributed by atoms with Gasteiger partial charge in [-0.3, -0.25) is 0 Å². The summed E-state index contributed by atoms with van der Waals surface area (Å²) >= 11 is 0. The molecule has 0 saturated carbocycles. The number of ether oxygens (including phenoxy) is 1. The van der Waals surface area contributed by atoms with Gasteiger partial charge in [0.2, 0.25) is 0 Å². The largest absolute Gasteiger partial charge is 0.496 e. The van der Waals surface area contributed by atoms with E-state index in [1.54, 1.807) is 0 Å². The molecular weight excluding hydrogens is 271 g/mol. The molecule has 2 atom stereocenters. The predicted octanol–water partition coefficient (Wildman–Crippen LogP) is 2.95. The number of rotatable bonds is 5. The lowest BCUT2D eigenvalue weighted by molar-refractivity contribution is -0.137. The van der Waals surface area contributed by atoms with Crippen molar-refractivity contribution in [1.29, 1.82) is 0 Å². The van der Waals surface area contributed by atoms with Crippen molar-refractivity contribution >= 4 is 0 Å². The van der Waals surface area contributed by atoms with Crippen molar-refractivity contribution in [1.82, 2.24) is 4.90 Å². The molecule has 1 N–H and O–H groups in total. The Morgan fingerprint density at radius 3 is 2.30 bits per heavy atom. The molecule has 0 fully saturated rings. The average molecular weight is 291 g/mol. The van der Waals surface area contributed by atoms with E-state index in [0.717, 1.165) is 12.1 Å². The second-order valence-electron chi connectivity index (χ2n) is 5.02. The highest BCUT2D eigenvalue weighted by atomic mass is 19.4. The third-order valence-electron chi connectivity index (χ3n) is 3.26. The molecule has 1 rings (SSSR count). The summed E-state index contributed by atoms with van der Waals surface area (Å²) in [5.41, 5.74) is -0.112. The van der Waals surface area contributed by atoms with E-state index < -0.39 is 11.7 Å². The maximum atomic E-state index is 12.7. The number of halogens is 3. The summed E-state index contributed by atoms with van der Waals surface area (Å²) in [6.07, 6.45) is -4.40. The van der Waals surface area contributed by atoms with Crippen LogP contribution in [0.1, 0.15) is 24.1 Å². The first kappa shape index (κ1) is 16.8. The van der Waals surface area contributed by atoms with Crippen LogP contribution in [0.2, 0.25) is 0 Å². The zero-order chi connectivity index (χ0) is 15.5. The van der Waals surface area contributed by atoms with Crippen molar-refractivity contribution in [2.24, 2.45) is 5.92 Å². The van der Waals surface area contributed by atoms with Gasteiger partial charge < -0.3 is 14.7 Å². The third-order valence-corrected chi connectivity index (χ3v) is 3.26. The molecule has 0 aliphatic carbocycles. The highest BCUT2D eigenvalue weighted by Crippen LogP contribution is 2.38. The van der Waals surface area contributed by atoms with Crippen LogP contribution in [0.3, 0.4) is 0 Å². The summed E-state index contributed by atoms with van der Waals surface area (Å²) in [6.45, 7) is 1.77. The summed E-state index contributed by atoms with van der Waals surface area (Å²) in [4.78, 5) is 1.85. The molecule has 20 heavy (non-hydrogen) atoms. The van der Waals surface area contributed by atoms with Crippen LogP contribution in [0.5, 0.6) is 5.75 Å². The Labute approximate surface area is 117 Å². The zero-order valence-corrected chi connectivity index (χ0v) is 12.0. The van der Waals surface area contributed by atoms with Crippen LogP contribution in [0.4, 0.5) is 13.2 Å². The van der Waals surface area contributed by atoms with E-state index in [1.807, 2.05) is 25.9 Å². The number of benzene rings is 1. The minimum Gasteiger partial charge on any atom is -0.496 e. The summed E-state index contributed by atoms with van der Waals surface area (Å²) in [5, 5.41) is 9.32. The van der Waals surface area contributed by atoms with Gasteiger partial charge in [-0.15, -0.1) is 0 Å². The first-order valence-electron chi connectivity index (χ1n) is 6.24. The van der Waals surface area contributed by atoms with E-state index >= 15 is 0 Å². The molecule has 0 bridgehead atoms. The fraction of sp³-hybridized carbons (Fsp3) is 0.571. The van der Waals surface area contributed by atoms with Gasteiger partial charge in [-0.25, -0.2) is 0 Å². The standard InChI is InChI=1S/C14H20F3NO2/c1-9(8-19)13(18(2)3)11-6-5-10(14(15,16)17)7-12(11)20-4/h5-7,9,13,19H,8H2,1-4H3. The second kappa shape index (κ2) is 6.45. The van der Waals surface area contributed by atoms with Crippen molar-refractivity contribution < 1.29 is 23.0 Å². The van der Waals surface area contributed by atoms with Gasteiger partial charge in [0.15, 0.2) is 0 Å². The fourth-order valence-corrected chi connectivity index (χ4v) is 2.33. The highest BCUT2D eigenvalue weighted by molar-refractivity contribution is 5.41. The quantitative estimate of drug-likeness (QED) is 0.905. The van der Waals surface area contributed by atoms with Crippen molar-refractivity contribution in [3.05, 3.63) is 29.3 Å². The van der Waals surface area contributed by atoms with Gasteiger partial charge in [0.1, 0.15) is 5.75 Å². The summed E-state index contributed by atoms with van der Waals surface area (Å²) in [7, 11) is 4.97. The van der Waals surface area contributed by atoms with Gasteiger partial charge in [-0.2, -0.15) is 13.2 Å². The van der Waals surface area contributed by atoms with E-state index in [2.05, 4.69) is 0 Å². The Morgan fingerprint density at radius 2 is 1.90 bits per heavy atom. The maximum Gasteiger partial charge on any atom is 0.416 e. The molecule has 6 heteroatoms. The van der Waals surface area contributed by atoms with Crippen molar-refractivity contribution in [2.45, 2.75) is 19.1 Å². The van der Waals surface area contributed by atoms with E-state index in [9.17, 15) is 18.3 Å². The SMILES string of the molecule is COc1cc(C(F)(F)F)ccc1C(C(C)CO)N(C)C. The lowest BCUT2D eigenvalue weighted by Crippen LogP contribution is -2.28. The summed E-state index contributed by atoms with van der Waals surface area (Å²) < 4.78 is 43.2. The topological polar surface area (TPSA) is 32.7 Å². The molecule has 0 amide bonds. The molecule has 0 aromatic heterocycles. The number of alkyl halides is 3. The molecule has 0 spiro atoms. The van der Waals surface area contributed by atoms with Gasteiger partial charge in [0.25, 0.3) is 0 Å². The second-order valence-corrected chi connectivity index (χ2v) is 5.02. The van der Waals surface area contributed by atoms with Gasteiger partial charge in [0.05, 0.1) is 12.7 Å². The van der Waals surface area contributed by atoms with Crippen LogP contribution in [-0.4, -0.2) is 37.8 Å². The average Bonchev–Trinajstić information content (AvgIpc) is 2.37. The number of methoxy groups -OCH3 is 1. The molecule has 0 heterocycles. The Kier molecular flexibility index (Phi) is 5.42. The number of hydrogen-bond acceptors (Lipinski definition) is 3. The minimum absolute atomic E-state index is 0.0625. The molecule has 0 aliphatic heterocycles. The van der Waals surface area contributed by atoms with Gasteiger partial charge in [-0.05, 0) is 32.1 Å². The molecule has 1 aromatic rings. The number of aliphatic hydroxyl groups excluding tert-OH is 1. The first-order chi connectivity index (χ1) is 9.22. The minimum atomic E-state index is -4.40. The van der Waals surface area contributed by atoms with Crippen molar-refractivity contribution in [3.63, 3.8) is 0 Å². The molecule has 114 valence electrons. The summed E-state index contributed by atoms with van der Waals surface area (Å²) in [5.74, 6) is 0.0504. The van der Waals surface area contributed by atoms with E-state index in [0.29, 0.717) is 5.56 Å². The van der Waals surface area contributed by atoms with Crippen molar-refractivity contribution in [2.75, 3.05) is 27.8 Å². The lowest BCUT2D eigenvalue weighted by Gasteiger charge is -2.31. The van der Waals surface area contributed by atoms with Gasteiger partial charge >= 0.3 is 6.18 Å². The van der Waals surface area contributed by atoms with Crippen LogP contribution >= 0.6 is 0 Å². The fourth-order valence-electron chi connectivity index (χ4n) is 2.33. The van der Waals surface area contributed by atoms with Crippen LogP contribution in [0, 0.1) is 5.92 Å². The molecule has 3 nitrogen and oxygen atoms in total. The maximum absolute atomic E-state index is 12.7. The smallest absolute Gasteiger partial charge is 0.416 e. The Morgan fingerprint density at radius 1 is 1.30 bits per heavy atom. The zero-order valence-electron chi connectivity index (χ0n) is 12.0. The Hall–Kier alpha value is -1.27.